The summed E-state index contributed by atoms with van der Waals surface area (Å²) in [4.78, 5) is 42.3. The summed E-state index contributed by atoms with van der Waals surface area (Å²) in [6.07, 6.45) is -1.96. The Kier molecular flexibility index (Phi) is 10.5. The number of benzene rings is 2. The van der Waals surface area contributed by atoms with E-state index in [1.54, 1.807) is 36.3 Å². The van der Waals surface area contributed by atoms with Crippen LogP contribution >= 0.6 is 0 Å². The maximum absolute atomic E-state index is 17.1. The summed E-state index contributed by atoms with van der Waals surface area (Å²) >= 11 is 0. The van der Waals surface area contributed by atoms with Crippen molar-refractivity contribution in [2.75, 3.05) is 57.8 Å². The molecule has 3 aliphatic rings. The standard InChI is InChI=1S/C35H43F4N3O5/c1-23(43)4-3-15-40-21-30(25-5-8-28(47-2)9-6-25)34(36,22-40)33(46)42-18-11-24(12-19-42)29-10-7-27(35(37,38)39)20-31(29)41-16-13-26(14-17-41)32(44)45/h5-10,20,24,26,30H,3-4,11-19,21-22H2,1-2H3,(H,44,45)/t30-,34-/m0/s1. The second-order valence-electron chi connectivity index (χ2n) is 13.2. The third-order valence-corrected chi connectivity index (χ3v) is 10.1. The van der Waals surface area contributed by atoms with Crippen molar-refractivity contribution in [1.29, 1.82) is 0 Å². The summed E-state index contributed by atoms with van der Waals surface area (Å²) in [5, 5.41) is 9.40. The number of alkyl halides is 4. The first-order valence-electron chi connectivity index (χ1n) is 16.3. The molecule has 3 fully saturated rings. The van der Waals surface area contributed by atoms with E-state index in [4.69, 9.17) is 4.74 Å². The van der Waals surface area contributed by atoms with Gasteiger partial charge in [0, 0.05) is 57.3 Å². The number of likely N-dealkylation sites (tertiary alicyclic amines) is 2. The molecule has 0 radical (unpaired) electrons. The molecule has 1 amide bonds. The number of carbonyl (C=O) groups is 3. The molecule has 0 bridgehead atoms. The minimum absolute atomic E-state index is 0.0577. The molecule has 0 spiro atoms. The number of ether oxygens (including phenoxy) is 1. The first kappa shape index (κ1) is 34.7. The van der Waals surface area contributed by atoms with Crippen LogP contribution in [0.15, 0.2) is 42.5 Å². The van der Waals surface area contributed by atoms with E-state index in [2.05, 4.69) is 0 Å². The van der Waals surface area contributed by atoms with E-state index in [9.17, 15) is 32.7 Å². The molecular formula is C35H43F4N3O5. The third kappa shape index (κ3) is 7.74. The highest BCUT2D eigenvalue weighted by Gasteiger charge is 2.55. The maximum atomic E-state index is 17.1. The van der Waals surface area contributed by atoms with Crippen molar-refractivity contribution in [3.05, 3.63) is 59.2 Å². The summed E-state index contributed by atoms with van der Waals surface area (Å²) in [5.41, 5.74) is -1.07. The number of carbonyl (C=O) groups excluding carboxylic acids is 2. The Bertz CT molecular complexity index is 1440. The van der Waals surface area contributed by atoms with Gasteiger partial charge in [-0.3, -0.25) is 14.5 Å². The molecule has 0 unspecified atom stereocenters. The fourth-order valence-corrected chi connectivity index (χ4v) is 7.41. The van der Waals surface area contributed by atoms with Gasteiger partial charge in [-0.1, -0.05) is 18.2 Å². The second-order valence-corrected chi connectivity index (χ2v) is 13.2. The molecule has 0 aliphatic carbocycles. The minimum Gasteiger partial charge on any atom is -0.497 e. The van der Waals surface area contributed by atoms with Gasteiger partial charge >= 0.3 is 12.1 Å². The zero-order valence-corrected chi connectivity index (χ0v) is 26.9. The zero-order chi connectivity index (χ0) is 33.9. The van der Waals surface area contributed by atoms with Gasteiger partial charge in [0.1, 0.15) is 11.5 Å². The van der Waals surface area contributed by atoms with E-state index in [1.807, 2.05) is 9.80 Å². The Morgan fingerprint density at radius 2 is 1.64 bits per heavy atom. The Morgan fingerprint density at radius 1 is 0.979 bits per heavy atom. The molecule has 2 atom stereocenters. The second kappa shape index (κ2) is 14.2. The van der Waals surface area contributed by atoms with Crippen LogP contribution in [0.1, 0.15) is 74.0 Å². The number of nitrogens with zero attached hydrogens (tertiary/aromatic N) is 3. The lowest BCUT2D eigenvalue weighted by Crippen LogP contribution is -2.52. The summed E-state index contributed by atoms with van der Waals surface area (Å²) < 4.78 is 63.6. The van der Waals surface area contributed by atoms with Gasteiger partial charge in [-0.05, 0) is 86.9 Å². The van der Waals surface area contributed by atoms with Crippen LogP contribution in [-0.2, 0) is 20.6 Å². The number of anilines is 1. The molecular weight excluding hydrogens is 618 g/mol. The molecule has 3 heterocycles. The van der Waals surface area contributed by atoms with Gasteiger partial charge in [0.2, 0.25) is 5.67 Å². The lowest BCUT2D eigenvalue weighted by Gasteiger charge is -2.39. The van der Waals surface area contributed by atoms with Crippen LogP contribution in [0.3, 0.4) is 0 Å². The first-order chi connectivity index (χ1) is 22.3. The highest BCUT2D eigenvalue weighted by molar-refractivity contribution is 5.87. The van der Waals surface area contributed by atoms with Crippen molar-refractivity contribution in [3.8, 4) is 5.75 Å². The van der Waals surface area contributed by atoms with Crippen molar-refractivity contribution in [1.82, 2.24) is 9.80 Å². The van der Waals surface area contributed by atoms with E-state index >= 15 is 4.39 Å². The van der Waals surface area contributed by atoms with E-state index in [0.717, 1.165) is 17.7 Å². The number of ketones is 1. The van der Waals surface area contributed by atoms with Crippen molar-refractivity contribution < 1.29 is 41.8 Å². The first-order valence-corrected chi connectivity index (χ1v) is 16.3. The molecule has 2 aromatic carbocycles. The molecule has 0 saturated carbocycles. The molecule has 0 aromatic heterocycles. The van der Waals surface area contributed by atoms with E-state index in [1.165, 1.54) is 13.0 Å². The zero-order valence-electron chi connectivity index (χ0n) is 26.9. The number of amides is 1. The van der Waals surface area contributed by atoms with Crippen LogP contribution < -0.4 is 9.64 Å². The number of methoxy groups -OCH3 is 1. The third-order valence-electron chi connectivity index (χ3n) is 10.1. The van der Waals surface area contributed by atoms with E-state index < -0.39 is 41.1 Å². The normalized spacial score (nSPS) is 23.2. The monoisotopic (exact) mass is 661 g/mol. The molecule has 3 saturated heterocycles. The van der Waals surface area contributed by atoms with Crippen LogP contribution in [0.4, 0.5) is 23.2 Å². The maximum Gasteiger partial charge on any atom is 0.416 e. The van der Waals surface area contributed by atoms with E-state index in [-0.39, 0.29) is 31.3 Å². The van der Waals surface area contributed by atoms with Gasteiger partial charge in [-0.25, -0.2) is 4.39 Å². The molecule has 1 N–H and O–H groups in total. The summed E-state index contributed by atoms with van der Waals surface area (Å²) in [6, 6.07) is 10.8. The SMILES string of the molecule is COc1ccc([C@@H]2CN(CCCC(C)=O)C[C@@]2(F)C(=O)N2CCC(c3ccc(C(F)(F)F)cc3N3CCC(C(=O)O)CC3)CC2)cc1. The Balaban J connectivity index is 1.33. The summed E-state index contributed by atoms with van der Waals surface area (Å²) in [6.45, 7) is 3.45. The van der Waals surface area contributed by atoms with Crippen LogP contribution in [0.2, 0.25) is 0 Å². The number of hydrogen-bond acceptors (Lipinski definition) is 6. The Morgan fingerprint density at radius 3 is 2.21 bits per heavy atom. The van der Waals surface area contributed by atoms with Crippen molar-refractivity contribution in [2.24, 2.45) is 5.92 Å². The van der Waals surface area contributed by atoms with Crippen molar-refractivity contribution in [2.45, 2.75) is 69.1 Å². The van der Waals surface area contributed by atoms with Gasteiger partial charge in [-0.2, -0.15) is 13.2 Å². The highest BCUT2D eigenvalue weighted by Crippen LogP contribution is 2.44. The van der Waals surface area contributed by atoms with Crippen LogP contribution in [0.5, 0.6) is 5.75 Å². The predicted octanol–water partition coefficient (Wildman–Crippen LogP) is 5.90. The number of hydrogen-bond donors (Lipinski definition) is 1. The number of Topliss-reactive ketones (excluding diaryl/α,β-unsaturated/α-hetero) is 1. The van der Waals surface area contributed by atoms with Crippen LogP contribution in [-0.4, -0.2) is 91.2 Å². The Labute approximate surface area is 272 Å². The molecule has 12 heteroatoms. The predicted molar refractivity (Wildman–Crippen MR) is 169 cm³/mol. The van der Waals surface area contributed by atoms with Gasteiger partial charge in [0.15, 0.2) is 0 Å². The van der Waals surface area contributed by atoms with Crippen LogP contribution in [0.25, 0.3) is 0 Å². The van der Waals surface area contributed by atoms with Gasteiger partial charge in [0.05, 0.1) is 18.6 Å². The van der Waals surface area contributed by atoms with Gasteiger partial charge in [0.25, 0.3) is 5.91 Å². The average Bonchev–Trinajstić information content (AvgIpc) is 3.40. The average molecular weight is 662 g/mol. The van der Waals surface area contributed by atoms with Crippen molar-refractivity contribution >= 4 is 23.3 Å². The fraction of sp³-hybridized carbons (Fsp3) is 0.571. The number of rotatable bonds is 10. The molecule has 3 aliphatic heterocycles. The largest absolute Gasteiger partial charge is 0.497 e. The quantitative estimate of drug-likeness (QED) is 0.318. The number of carboxylic acids is 1. The topological polar surface area (TPSA) is 90.4 Å². The molecule has 256 valence electrons. The summed E-state index contributed by atoms with van der Waals surface area (Å²) in [5.74, 6) is -2.19. The smallest absolute Gasteiger partial charge is 0.416 e. The van der Waals surface area contributed by atoms with Gasteiger partial charge in [-0.15, -0.1) is 0 Å². The van der Waals surface area contributed by atoms with Crippen molar-refractivity contribution in [3.63, 3.8) is 0 Å². The lowest BCUT2D eigenvalue weighted by molar-refractivity contribution is -0.145. The number of aliphatic carboxylic acids is 1. The fourth-order valence-electron chi connectivity index (χ4n) is 7.41. The highest BCUT2D eigenvalue weighted by atomic mass is 19.4. The number of halogens is 4. The summed E-state index contributed by atoms with van der Waals surface area (Å²) in [7, 11) is 1.54. The Hall–Kier alpha value is -3.67. The van der Waals surface area contributed by atoms with E-state index in [0.29, 0.717) is 81.7 Å². The molecule has 8 nitrogen and oxygen atoms in total. The minimum atomic E-state index is -4.53. The number of piperidine rings is 2. The molecule has 2 aromatic rings. The van der Waals surface area contributed by atoms with Gasteiger partial charge < -0.3 is 24.4 Å². The number of carboxylic acid groups (broad SMARTS) is 1. The lowest BCUT2D eigenvalue weighted by atomic mass is 9.83. The van der Waals surface area contributed by atoms with Crippen LogP contribution in [0, 0.1) is 5.92 Å². The molecule has 47 heavy (non-hydrogen) atoms. The molecule has 5 rings (SSSR count).